The Morgan fingerprint density at radius 1 is 1.09 bits per heavy atom. The van der Waals surface area contributed by atoms with Crippen molar-refractivity contribution in [1.29, 1.82) is 0 Å². The predicted octanol–water partition coefficient (Wildman–Crippen LogP) is 4.45. The summed E-state index contributed by atoms with van der Waals surface area (Å²) in [7, 11) is -3.53. The second kappa shape index (κ2) is 12.9. The van der Waals surface area contributed by atoms with Gasteiger partial charge in [0.15, 0.2) is 0 Å². The summed E-state index contributed by atoms with van der Waals surface area (Å²) in [5.74, 6) is -0.474. The number of rotatable bonds is 12. The van der Waals surface area contributed by atoms with Gasteiger partial charge in [-0.05, 0) is 68.5 Å². The quantitative estimate of drug-likeness (QED) is 0.447. The van der Waals surface area contributed by atoms with Crippen molar-refractivity contribution in [3.05, 3.63) is 64.2 Å². The molecule has 0 aliphatic heterocycles. The summed E-state index contributed by atoms with van der Waals surface area (Å²) in [6.45, 7) is 8.42. The van der Waals surface area contributed by atoms with Gasteiger partial charge in [0.25, 0.3) is 0 Å². The smallest absolute Gasteiger partial charge is 0.242 e. The normalized spacial score (nSPS) is 12.2. The number of aryl methyl sites for hydroxylation is 2. The van der Waals surface area contributed by atoms with Crippen molar-refractivity contribution in [2.45, 2.75) is 59.5 Å². The van der Waals surface area contributed by atoms with Gasteiger partial charge in [0, 0.05) is 31.1 Å². The van der Waals surface area contributed by atoms with Crippen LogP contribution in [-0.2, 0) is 26.2 Å². The largest absolute Gasteiger partial charge is 0.354 e. The van der Waals surface area contributed by atoms with Crippen LogP contribution in [-0.4, -0.2) is 50.5 Å². The van der Waals surface area contributed by atoms with Crippen LogP contribution >= 0.6 is 11.6 Å². The average Bonchev–Trinajstić information content (AvgIpc) is 2.80. The number of halogens is 1. The van der Waals surface area contributed by atoms with Gasteiger partial charge >= 0.3 is 0 Å². The molecule has 0 bridgehead atoms. The Morgan fingerprint density at radius 3 is 2.37 bits per heavy atom. The van der Waals surface area contributed by atoms with Gasteiger partial charge in [0.05, 0.1) is 11.9 Å². The number of anilines is 1. The van der Waals surface area contributed by atoms with Crippen LogP contribution in [0.5, 0.6) is 0 Å². The first-order chi connectivity index (χ1) is 16.5. The molecule has 0 heterocycles. The van der Waals surface area contributed by atoms with Crippen molar-refractivity contribution < 1.29 is 18.0 Å². The number of sulfonamides is 1. The van der Waals surface area contributed by atoms with Gasteiger partial charge in [-0.25, -0.2) is 8.42 Å². The lowest BCUT2D eigenvalue weighted by Crippen LogP contribution is -2.48. The summed E-state index contributed by atoms with van der Waals surface area (Å²) in [5, 5.41) is 3.36. The van der Waals surface area contributed by atoms with Gasteiger partial charge < -0.3 is 10.2 Å². The van der Waals surface area contributed by atoms with E-state index in [1.54, 1.807) is 19.1 Å². The molecule has 0 aliphatic carbocycles. The van der Waals surface area contributed by atoms with Gasteiger partial charge in [-0.15, -0.1) is 0 Å². The maximum atomic E-state index is 13.3. The van der Waals surface area contributed by atoms with E-state index in [0.717, 1.165) is 29.4 Å². The molecule has 7 nitrogen and oxygen atoms in total. The van der Waals surface area contributed by atoms with Crippen molar-refractivity contribution in [2.75, 3.05) is 23.7 Å². The van der Waals surface area contributed by atoms with E-state index < -0.39 is 16.1 Å². The number of hydrogen-bond acceptors (Lipinski definition) is 4. The van der Waals surface area contributed by atoms with Gasteiger partial charge in [-0.3, -0.25) is 13.9 Å². The summed E-state index contributed by atoms with van der Waals surface area (Å²) in [4.78, 5) is 27.4. The van der Waals surface area contributed by atoms with Crippen LogP contribution in [0.25, 0.3) is 0 Å². The van der Waals surface area contributed by atoms with Crippen LogP contribution in [0.15, 0.2) is 42.5 Å². The molecule has 0 radical (unpaired) electrons. The fraction of sp³-hybridized carbons (Fsp3) is 0.462. The van der Waals surface area contributed by atoms with Gasteiger partial charge in [0.1, 0.15) is 6.04 Å². The maximum Gasteiger partial charge on any atom is 0.242 e. The van der Waals surface area contributed by atoms with Crippen LogP contribution in [0, 0.1) is 13.8 Å². The molecule has 1 atom stereocenters. The van der Waals surface area contributed by atoms with Crippen LogP contribution in [0.3, 0.4) is 0 Å². The molecule has 0 aromatic heterocycles. The van der Waals surface area contributed by atoms with Crippen LogP contribution in [0.4, 0.5) is 5.69 Å². The van der Waals surface area contributed by atoms with E-state index in [9.17, 15) is 18.0 Å². The molecule has 2 aromatic rings. The minimum Gasteiger partial charge on any atom is -0.354 e. The van der Waals surface area contributed by atoms with Crippen molar-refractivity contribution in [2.24, 2.45) is 0 Å². The standard InChI is InChI=1S/C26H36ClN3O4S/c1-6-15-28-26(32)21(4)29(18-22-10-7-8-11-24(22)27)25(31)12-9-16-30(35(5,33)34)23-14-13-19(2)20(3)17-23/h7-8,10-11,13-14,17,21H,6,9,12,15-16,18H2,1-5H3,(H,28,32)/t21-/m0/s1. The van der Waals surface area contributed by atoms with E-state index in [1.807, 2.05) is 51.1 Å². The minimum atomic E-state index is -3.53. The first-order valence-corrected chi connectivity index (χ1v) is 14.0. The fourth-order valence-electron chi connectivity index (χ4n) is 3.67. The zero-order valence-electron chi connectivity index (χ0n) is 21.2. The average molecular weight is 522 g/mol. The topological polar surface area (TPSA) is 86.8 Å². The van der Waals surface area contributed by atoms with E-state index in [2.05, 4.69) is 5.32 Å². The Bertz CT molecular complexity index is 1140. The van der Waals surface area contributed by atoms with Crippen molar-refractivity contribution >= 4 is 39.1 Å². The van der Waals surface area contributed by atoms with Gasteiger partial charge in [-0.1, -0.05) is 42.8 Å². The number of carbonyl (C=O) groups is 2. The SMILES string of the molecule is CCCNC(=O)[C@H](C)N(Cc1ccccc1Cl)C(=O)CCCN(c1ccc(C)c(C)c1)S(C)(=O)=O. The van der Waals surface area contributed by atoms with Crippen molar-refractivity contribution in [1.82, 2.24) is 10.2 Å². The first kappa shape index (κ1) is 28.7. The Kier molecular flexibility index (Phi) is 10.6. The third-order valence-electron chi connectivity index (χ3n) is 5.95. The number of nitrogens with one attached hydrogen (secondary N) is 1. The lowest BCUT2D eigenvalue weighted by atomic mass is 10.1. The Hall–Kier alpha value is -2.58. The molecule has 0 spiro atoms. The van der Waals surface area contributed by atoms with Crippen molar-refractivity contribution in [3.63, 3.8) is 0 Å². The molecule has 1 N–H and O–H groups in total. The first-order valence-electron chi connectivity index (χ1n) is 11.8. The summed E-state index contributed by atoms with van der Waals surface area (Å²) in [5.41, 5.74) is 3.38. The molecular weight excluding hydrogens is 486 g/mol. The zero-order valence-corrected chi connectivity index (χ0v) is 22.7. The fourth-order valence-corrected chi connectivity index (χ4v) is 4.83. The number of benzene rings is 2. The Balaban J connectivity index is 2.18. The summed E-state index contributed by atoms with van der Waals surface area (Å²) in [6.07, 6.45) is 2.35. The Labute approximate surface area is 214 Å². The van der Waals surface area contributed by atoms with E-state index >= 15 is 0 Å². The summed E-state index contributed by atoms with van der Waals surface area (Å²) >= 11 is 6.32. The van der Waals surface area contributed by atoms with Gasteiger partial charge in [-0.2, -0.15) is 0 Å². The lowest BCUT2D eigenvalue weighted by Gasteiger charge is -2.29. The van der Waals surface area contributed by atoms with Crippen LogP contribution < -0.4 is 9.62 Å². The molecule has 0 saturated heterocycles. The molecule has 2 amide bonds. The molecule has 192 valence electrons. The minimum absolute atomic E-state index is 0.0900. The van der Waals surface area contributed by atoms with E-state index in [4.69, 9.17) is 11.6 Å². The Morgan fingerprint density at radius 2 is 1.77 bits per heavy atom. The molecule has 0 saturated carbocycles. The lowest BCUT2D eigenvalue weighted by molar-refractivity contribution is -0.140. The van der Waals surface area contributed by atoms with Crippen molar-refractivity contribution in [3.8, 4) is 0 Å². The number of carbonyl (C=O) groups excluding carboxylic acids is 2. The second-order valence-corrected chi connectivity index (χ2v) is 11.1. The predicted molar refractivity (Wildman–Crippen MR) is 142 cm³/mol. The highest BCUT2D eigenvalue weighted by Gasteiger charge is 2.27. The number of amides is 2. The molecular formula is C26H36ClN3O4S. The van der Waals surface area contributed by atoms with E-state index in [0.29, 0.717) is 23.7 Å². The molecule has 2 rings (SSSR count). The third-order valence-corrected chi connectivity index (χ3v) is 7.51. The molecule has 0 fully saturated rings. The number of hydrogen-bond donors (Lipinski definition) is 1. The maximum absolute atomic E-state index is 13.3. The summed E-state index contributed by atoms with van der Waals surface area (Å²) in [6, 6.07) is 12.0. The highest BCUT2D eigenvalue weighted by Crippen LogP contribution is 2.23. The highest BCUT2D eigenvalue weighted by atomic mass is 35.5. The third kappa shape index (κ3) is 8.25. The zero-order chi connectivity index (χ0) is 26.2. The number of nitrogens with zero attached hydrogens (tertiary/aromatic N) is 2. The van der Waals surface area contributed by atoms with E-state index in [-0.39, 0.29) is 31.3 Å². The second-order valence-electron chi connectivity index (χ2n) is 8.79. The molecule has 35 heavy (non-hydrogen) atoms. The molecule has 0 aliphatic rings. The highest BCUT2D eigenvalue weighted by molar-refractivity contribution is 7.92. The molecule has 9 heteroatoms. The van der Waals surface area contributed by atoms with Crippen LogP contribution in [0.2, 0.25) is 5.02 Å². The molecule has 2 aromatic carbocycles. The molecule has 0 unspecified atom stereocenters. The monoisotopic (exact) mass is 521 g/mol. The van der Waals surface area contributed by atoms with Crippen LogP contribution in [0.1, 0.15) is 49.8 Å². The summed E-state index contributed by atoms with van der Waals surface area (Å²) < 4.78 is 26.3. The van der Waals surface area contributed by atoms with E-state index in [1.165, 1.54) is 9.21 Å². The van der Waals surface area contributed by atoms with Gasteiger partial charge in [0.2, 0.25) is 21.8 Å².